The molecule has 0 unspecified atom stereocenters. The highest BCUT2D eigenvalue weighted by molar-refractivity contribution is 6.31. The summed E-state index contributed by atoms with van der Waals surface area (Å²) in [4.78, 5) is 11.5. The minimum atomic E-state index is -0.442. The SMILES string of the molecule is CNC(=O)c1ccc(OCc2c(F)cccc2Cl)c(N)c1. The lowest BCUT2D eigenvalue weighted by Crippen LogP contribution is -2.17. The van der Waals surface area contributed by atoms with Crippen LogP contribution >= 0.6 is 11.6 Å². The number of halogens is 2. The maximum atomic E-state index is 13.6. The van der Waals surface area contributed by atoms with Crippen molar-refractivity contribution in [3.63, 3.8) is 0 Å². The fraction of sp³-hybridized carbons (Fsp3) is 0.133. The number of ether oxygens (including phenoxy) is 1. The molecule has 0 radical (unpaired) electrons. The van der Waals surface area contributed by atoms with Crippen molar-refractivity contribution in [2.45, 2.75) is 6.61 Å². The van der Waals surface area contributed by atoms with Gasteiger partial charge in [0.1, 0.15) is 18.2 Å². The van der Waals surface area contributed by atoms with Gasteiger partial charge in [-0.15, -0.1) is 0 Å². The molecule has 0 atom stereocenters. The Bertz CT molecular complexity index is 656. The van der Waals surface area contributed by atoms with Crippen LogP contribution in [0.15, 0.2) is 36.4 Å². The van der Waals surface area contributed by atoms with Crippen molar-refractivity contribution in [1.82, 2.24) is 5.32 Å². The number of carbonyl (C=O) groups excluding carboxylic acids is 1. The molecule has 6 heteroatoms. The van der Waals surface area contributed by atoms with Crippen molar-refractivity contribution >= 4 is 23.2 Å². The van der Waals surface area contributed by atoms with Crippen LogP contribution in [0.3, 0.4) is 0 Å². The van der Waals surface area contributed by atoms with Crippen LogP contribution in [0.2, 0.25) is 5.02 Å². The molecule has 0 saturated carbocycles. The molecule has 0 fully saturated rings. The second kappa shape index (κ2) is 6.45. The number of benzene rings is 2. The minimum Gasteiger partial charge on any atom is -0.487 e. The number of nitrogen functional groups attached to an aromatic ring is 1. The van der Waals surface area contributed by atoms with Gasteiger partial charge >= 0.3 is 0 Å². The number of amides is 1. The molecule has 0 aliphatic rings. The molecule has 110 valence electrons. The molecule has 3 N–H and O–H groups in total. The van der Waals surface area contributed by atoms with E-state index in [0.29, 0.717) is 17.0 Å². The van der Waals surface area contributed by atoms with E-state index in [-0.39, 0.29) is 23.1 Å². The van der Waals surface area contributed by atoms with Gasteiger partial charge in [-0.05, 0) is 30.3 Å². The van der Waals surface area contributed by atoms with Gasteiger partial charge < -0.3 is 15.8 Å². The Labute approximate surface area is 126 Å². The number of hydrogen-bond donors (Lipinski definition) is 2. The van der Waals surface area contributed by atoms with Crippen LogP contribution in [0.5, 0.6) is 5.75 Å². The van der Waals surface area contributed by atoms with E-state index in [1.165, 1.54) is 25.2 Å². The highest BCUT2D eigenvalue weighted by Gasteiger charge is 2.10. The molecule has 2 aromatic carbocycles. The lowest BCUT2D eigenvalue weighted by molar-refractivity contribution is 0.0963. The number of nitrogens with two attached hydrogens (primary N) is 1. The molecule has 21 heavy (non-hydrogen) atoms. The van der Waals surface area contributed by atoms with Crippen molar-refractivity contribution in [2.24, 2.45) is 0 Å². The standard InChI is InChI=1S/C15H14ClFN2O2/c1-19-15(20)9-5-6-14(13(18)7-9)21-8-10-11(16)3-2-4-12(10)17/h2-7H,8,18H2,1H3,(H,19,20). The predicted octanol–water partition coefficient (Wildman–Crippen LogP) is 3.00. The molecule has 0 spiro atoms. The van der Waals surface area contributed by atoms with E-state index in [1.54, 1.807) is 18.2 Å². The largest absolute Gasteiger partial charge is 0.487 e. The summed E-state index contributed by atoms with van der Waals surface area (Å²) in [6.07, 6.45) is 0. The van der Waals surface area contributed by atoms with Gasteiger partial charge in [-0.2, -0.15) is 0 Å². The summed E-state index contributed by atoms with van der Waals surface area (Å²) >= 11 is 5.92. The van der Waals surface area contributed by atoms with Gasteiger partial charge in [0.25, 0.3) is 5.91 Å². The van der Waals surface area contributed by atoms with Crippen molar-refractivity contribution in [1.29, 1.82) is 0 Å². The molecule has 0 saturated heterocycles. The summed E-state index contributed by atoms with van der Waals surface area (Å²) < 4.78 is 19.1. The smallest absolute Gasteiger partial charge is 0.251 e. The van der Waals surface area contributed by atoms with Crippen LogP contribution in [-0.4, -0.2) is 13.0 Å². The van der Waals surface area contributed by atoms with Gasteiger partial charge in [-0.25, -0.2) is 4.39 Å². The number of nitrogens with one attached hydrogen (secondary N) is 1. The maximum Gasteiger partial charge on any atom is 0.251 e. The summed E-state index contributed by atoms with van der Waals surface area (Å²) in [5.41, 5.74) is 6.80. The van der Waals surface area contributed by atoms with E-state index in [4.69, 9.17) is 22.1 Å². The fourth-order valence-corrected chi connectivity index (χ4v) is 2.00. The first kappa shape index (κ1) is 15.1. The maximum absolute atomic E-state index is 13.6. The Kier molecular flexibility index (Phi) is 4.65. The molecule has 0 bridgehead atoms. The van der Waals surface area contributed by atoms with Gasteiger partial charge in [0.2, 0.25) is 0 Å². The molecular formula is C15H14ClFN2O2. The zero-order chi connectivity index (χ0) is 15.4. The molecule has 2 aromatic rings. The Balaban J connectivity index is 2.16. The highest BCUT2D eigenvalue weighted by atomic mass is 35.5. The Morgan fingerprint density at radius 2 is 2.14 bits per heavy atom. The molecule has 2 rings (SSSR count). The predicted molar refractivity (Wildman–Crippen MR) is 80.0 cm³/mol. The summed E-state index contributed by atoms with van der Waals surface area (Å²) in [6, 6.07) is 9.05. The highest BCUT2D eigenvalue weighted by Crippen LogP contribution is 2.26. The average molecular weight is 309 g/mol. The van der Waals surface area contributed by atoms with Crippen LogP contribution in [-0.2, 0) is 6.61 Å². The Hall–Kier alpha value is -2.27. The van der Waals surface area contributed by atoms with Gasteiger partial charge in [0.15, 0.2) is 0 Å². The zero-order valence-corrected chi connectivity index (χ0v) is 12.1. The quantitative estimate of drug-likeness (QED) is 0.853. The number of carbonyl (C=O) groups is 1. The number of hydrogen-bond acceptors (Lipinski definition) is 3. The van der Waals surface area contributed by atoms with Crippen LogP contribution in [0.4, 0.5) is 10.1 Å². The van der Waals surface area contributed by atoms with Crippen LogP contribution in [0, 0.1) is 5.82 Å². The van der Waals surface area contributed by atoms with E-state index in [1.807, 2.05) is 0 Å². The first-order valence-corrected chi connectivity index (χ1v) is 6.58. The summed E-state index contributed by atoms with van der Waals surface area (Å²) in [7, 11) is 1.53. The Morgan fingerprint density at radius 1 is 1.38 bits per heavy atom. The molecule has 1 amide bonds. The topological polar surface area (TPSA) is 64.3 Å². The molecular weight excluding hydrogens is 295 g/mol. The van der Waals surface area contributed by atoms with Gasteiger partial charge in [0, 0.05) is 18.2 Å². The molecule has 0 aliphatic heterocycles. The van der Waals surface area contributed by atoms with E-state index in [9.17, 15) is 9.18 Å². The van der Waals surface area contributed by atoms with E-state index >= 15 is 0 Å². The molecule has 4 nitrogen and oxygen atoms in total. The van der Waals surface area contributed by atoms with Gasteiger partial charge in [0.05, 0.1) is 10.7 Å². The van der Waals surface area contributed by atoms with Crippen LogP contribution in [0.1, 0.15) is 15.9 Å². The zero-order valence-electron chi connectivity index (χ0n) is 11.3. The third-order valence-corrected chi connectivity index (χ3v) is 3.29. The second-order valence-electron chi connectivity index (χ2n) is 4.32. The minimum absolute atomic E-state index is 0.0466. The third kappa shape index (κ3) is 3.44. The Morgan fingerprint density at radius 3 is 2.76 bits per heavy atom. The van der Waals surface area contributed by atoms with Crippen molar-refractivity contribution in [2.75, 3.05) is 12.8 Å². The van der Waals surface area contributed by atoms with Crippen molar-refractivity contribution in [3.05, 3.63) is 58.4 Å². The first-order valence-electron chi connectivity index (χ1n) is 6.20. The summed E-state index contributed by atoms with van der Waals surface area (Å²) in [6.45, 7) is -0.0466. The average Bonchev–Trinajstić information content (AvgIpc) is 2.47. The lowest BCUT2D eigenvalue weighted by atomic mass is 10.1. The van der Waals surface area contributed by atoms with E-state index in [0.717, 1.165) is 0 Å². The fourth-order valence-electron chi connectivity index (χ4n) is 1.79. The van der Waals surface area contributed by atoms with E-state index in [2.05, 4.69) is 5.32 Å². The van der Waals surface area contributed by atoms with Crippen LogP contribution < -0.4 is 15.8 Å². The number of anilines is 1. The second-order valence-corrected chi connectivity index (χ2v) is 4.73. The summed E-state index contributed by atoms with van der Waals surface area (Å²) in [5, 5.41) is 2.79. The molecule has 0 aromatic heterocycles. The lowest BCUT2D eigenvalue weighted by Gasteiger charge is -2.11. The normalized spacial score (nSPS) is 10.2. The summed E-state index contributed by atoms with van der Waals surface area (Å²) in [5.74, 6) is -0.324. The van der Waals surface area contributed by atoms with Gasteiger partial charge in [-0.3, -0.25) is 4.79 Å². The van der Waals surface area contributed by atoms with Crippen molar-refractivity contribution in [3.8, 4) is 5.75 Å². The molecule has 0 aliphatic carbocycles. The number of rotatable bonds is 4. The first-order chi connectivity index (χ1) is 10.0. The van der Waals surface area contributed by atoms with Gasteiger partial charge in [-0.1, -0.05) is 17.7 Å². The third-order valence-electron chi connectivity index (χ3n) is 2.93. The monoisotopic (exact) mass is 308 g/mol. The molecule has 0 heterocycles. The van der Waals surface area contributed by atoms with Crippen LogP contribution in [0.25, 0.3) is 0 Å². The van der Waals surface area contributed by atoms with E-state index < -0.39 is 5.82 Å². The van der Waals surface area contributed by atoms with Crippen molar-refractivity contribution < 1.29 is 13.9 Å².